The van der Waals surface area contributed by atoms with Gasteiger partial charge in [0.15, 0.2) is 0 Å². The van der Waals surface area contributed by atoms with E-state index in [-0.39, 0.29) is 18.6 Å². The molecule has 0 spiro atoms. The number of hydrogen-bond acceptors (Lipinski definition) is 2. The molecule has 0 atom stereocenters. The molecule has 0 amide bonds. The lowest BCUT2D eigenvalue weighted by Gasteiger charge is -2.19. The zero-order valence-corrected chi connectivity index (χ0v) is 7.45. The van der Waals surface area contributed by atoms with E-state index in [1.165, 1.54) is 32.1 Å². The van der Waals surface area contributed by atoms with Crippen molar-refractivity contribution in [3.63, 3.8) is 0 Å². The summed E-state index contributed by atoms with van der Waals surface area (Å²) < 4.78 is 5.19. The zero-order chi connectivity index (χ0) is 5.82. The van der Waals surface area contributed by atoms with E-state index in [2.05, 4.69) is 0 Å². The maximum atomic E-state index is 5.19. The molecule has 0 aromatic heterocycles. The molecular formula is C7H18ClNO. The Morgan fingerprint density at radius 2 is 1.60 bits per heavy atom. The molecule has 1 saturated carbocycles. The summed E-state index contributed by atoms with van der Waals surface area (Å²) >= 11 is 0. The maximum Gasteiger partial charge on any atom is 0.0571 e. The molecule has 0 aromatic carbocycles. The lowest BCUT2D eigenvalue weighted by atomic mass is 9.98. The average Bonchev–Trinajstić information content (AvgIpc) is 1.90. The third-order valence-electron chi connectivity index (χ3n) is 1.89. The summed E-state index contributed by atoms with van der Waals surface area (Å²) in [5, 5.41) is 0. The van der Waals surface area contributed by atoms with Crippen molar-refractivity contribution in [1.82, 2.24) is 6.15 Å². The standard InChI is InChI=1S/C7H14O.ClH.H3N/c1-8-7-5-3-2-4-6-7;;/h7H,2-6H2,1H3;1H;1H3. The van der Waals surface area contributed by atoms with E-state index in [1.807, 2.05) is 7.11 Å². The van der Waals surface area contributed by atoms with E-state index < -0.39 is 0 Å². The molecule has 0 aromatic rings. The lowest BCUT2D eigenvalue weighted by Crippen LogP contribution is -2.13. The molecule has 0 bridgehead atoms. The number of rotatable bonds is 1. The molecule has 0 unspecified atom stereocenters. The van der Waals surface area contributed by atoms with Crippen molar-refractivity contribution in [2.75, 3.05) is 7.11 Å². The lowest BCUT2D eigenvalue weighted by molar-refractivity contribution is 0.0710. The Hall–Kier alpha value is 0.210. The molecule has 0 saturated heterocycles. The van der Waals surface area contributed by atoms with Gasteiger partial charge in [-0.25, -0.2) is 0 Å². The van der Waals surface area contributed by atoms with E-state index in [9.17, 15) is 0 Å². The highest BCUT2D eigenvalue weighted by atomic mass is 35.5. The topological polar surface area (TPSA) is 44.2 Å². The smallest absolute Gasteiger partial charge is 0.0571 e. The van der Waals surface area contributed by atoms with Crippen LogP contribution in [0.5, 0.6) is 0 Å². The average molecular weight is 168 g/mol. The first kappa shape index (κ1) is 12.8. The van der Waals surface area contributed by atoms with Gasteiger partial charge in [0.1, 0.15) is 0 Å². The summed E-state index contributed by atoms with van der Waals surface area (Å²) in [5.41, 5.74) is 0. The summed E-state index contributed by atoms with van der Waals surface area (Å²) in [6.07, 6.45) is 7.33. The van der Waals surface area contributed by atoms with Crippen LogP contribution in [0.1, 0.15) is 32.1 Å². The quantitative estimate of drug-likeness (QED) is 0.653. The fraction of sp³-hybridized carbons (Fsp3) is 1.00. The van der Waals surface area contributed by atoms with Gasteiger partial charge in [-0.05, 0) is 12.8 Å². The molecular weight excluding hydrogens is 150 g/mol. The van der Waals surface area contributed by atoms with Crippen LogP contribution in [0.3, 0.4) is 0 Å². The Bertz CT molecular complexity index is 64.6. The second-order valence-electron chi connectivity index (χ2n) is 2.50. The van der Waals surface area contributed by atoms with E-state index in [0.717, 1.165) is 0 Å². The zero-order valence-electron chi connectivity index (χ0n) is 6.64. The summed E-state index contributed by atoms with van der Waals surface area (Å²) in [4.78, 5) is 0. The SMILES string of the molecule is COC1CCCCC1.Cl.N. The van der Waals surface area contributed by atoms with E-state index >= 15 is 0 Å². The van der Waals surface area contributed by atoms with Crippen LogP contribution < -0.4 is 6.15 Å². The molecule has 10 heavy (non-hydrogen) atoms. The summed E-state index contributed by atoms with van der Waals surface area (Å²) in [6, 6.07) is 0. The minimum Gasteiger partial charge on any atom is -0.381 e. The van der Waals surface area contributed by atoms with Gasteiger partial charge in [0.25, 0.3) is 0 Å². The first-order valence-electron chi connectivity index (χ1n) is 3.46. The van der Waals surface area contributed by atoms with Gasteiger partial charge in [0.2, 0.25) is 0 Å². The van der Waals surface area contributed by atoms with Crippen LogP contribution in [0, 0.1) is 0 Å². The van der Waals surface area contributed by atoms with Crippen LogP contribution in [-0.4, -0.2) is 13.2 Å². The predicted octanol–water partition coefficient (Wildman–Crippen LogP) is 2.55. The van der Waals surface area contributed by atoms with Crippen LogP contribution in [0.2, 0.25) is 0 Å². The van der Waals surface area contributed by atoms with Gasteiger partial charge < -0.3 is 10.9 Å². The minimum absolute atomic E-state index is 0. The first-order valence-corrected chi connectivity index (χ1v) is 3.46. The number of hydrogen-bond donors (Lipinski definition) is 1. The van der Waals surface area contributed by atoms with Gasteiger partial charge >= 0.3 is 0 Å². The Morgan fingerprint density at radius 1 is 1.10 bits per heavy atom. The van der Waals surface area contributed by atoms with Crippen molar-refractivity contribution in [1.29, 1.82) is 0 Å². The predicted molar refractivity (Wildman–Crippen MR) is 46.2 cm³/mol. The second kappa shape index (κ2) is 7.32. The van der Waals surface area contributed by atoms with E-state index in [1.54, 1.807) is 0 Å². The summed E-state index contributed by atoms with van der Waals surface area (Å²) in [6.45, 7) is 0. The van der Waals surface area contributed by atoms with Crippen molar-refractivity contribution in [3.05, 3.63) is 0 Å². The molecule has 0 aliphatic heterocycles. The fourth-order valence-corrected chi connectivity index (χ4v) is 1.30. The number of methoxy groups -OCH3 is 1. The Kier molecular flexibility index (Phi) is 9.40. The summed E-state index contributed by atoms with van der Waals surface area (Å²) in [5.74, 6) is 0. The molecule has 1 aliphatic rings. The number of ether oxygens (including phenoxy) is 1. The highest BCUT2D eigenvalue weighted by molar-refractivity contribution is 5.85. The third-order valence-corrected chi connectivity index (χ3v) is 1.89. The fourth-order valence-electron chi connectivity index (χ4n) is 1.30. The molecule has 3 N–H and O–H groups in total. The summed E-state index contributed by atoms with van der Waals surface area (Å²) in [7, 11) is 1.82. The van der Waals surface area contributed by atoms with Crippen LogP contribution in [0.15, 0.2) is 0 Å². The Morgan fingerprint density at radius 3 is 1.90 bits per heavy atom. The van der Waals surface area contributed by atoms with Gasteiger partial charge in [-0.3, -0.25) is 0 Å². The van der Waals surface area contributed by atoms with Gasteiger partial charge in [-0.15, -0.1) is 12.4 Å². The third kappa shape index (κ3) is 4.09. The monoisotopic (exact) mass is 167 g/mol. The van der Waals surface area contributed by atoms with Gasteiger partial charge in [0.05, 0.1) is 6.10 Å². The normalized spacial score (nSPS) is 18.9. The van der Waals surface area contributed by atoms with Crippen molar-refractivity contribution < 1.29 is 4.74 Å². The Balaban J connectivity index is 0. The van der Waals surface area contributed by atoms with Crippen molar-refractivity contribution >= 4 is 12.4 Å². The molecule has 0 heterocycles. The van der Waals surface area contributed by atoms with Crippen LogP contribution in [0.4, 0.5) is 0 Å². The van der Waals surface area contributed by atoms with E-state index in [4.69, 9.17) is 4.74 Å². The van der Waals surface area contributed by atoms with Crippen molar-refractivity contribution in [3.8, 4) is 0 Å². The minimum atomic E-state index is 0. The molecule has 2 nitrogen and oxygen atoms in total. The molecule has 1 rings (SSSR count). The maximum absolute atomic E-state index is 5.19. The molecule has 1 aliphatic carbocycles. The molecule has 64 valence electrons. The van der Waals surface area contributed by atoms with Gasteiger partial charge in [-0.1, -0.05) is 19.3 Å². The molecule has 3 heteroatoms. The highest BCUT2D eigenvalue weighted by Crippen LogP contribution is 2.18. The van der Waals surface area contributed by atoms with E-state index in [0.29, 0.717) is 6.10 Å². The number of halogens is 1. The Labute approximate surface area is 69.3 Å². The van der Waals surface area contributed by atoms with Gasteiger partial charge in [0, 0.05) is 7.11 Å². The molecule has 1 fully saturated rings. The van der Waals surface area contributed by atoms with Crippen molar-refractivity contribution in [2.24, 2.45) is 0 Å². The molecule has 0 radical (unpaired) electrons. The van der Waals surface area contributed by atoms with Crippen LogP contribution in [-0.2, 0) is 4.74 Å². The highest BCUT2D eigenvalue weighted by Gasteiger charge is 2.10. The largest absolute Gasteiger partial charge is 0.381 e. The second-order valence-corrected chi connectivity index (χ2v) is 2.50. The van der Waals surface area contributed by atoms with Crippen molar-refractivity contribution in [2.45, 2.75) is 38.2 Å². The van der Waals surface area contributed by atoms with Gasteiger partial charge in [-0.2, -0.15) is 0 Å². The van der Waals surface area contributed by atoms with Crippen LogP contribution >= 0.6 is 12.4 Å². The first-order chi connectivity index (χ1) is 3.93. The van der Waals surface area contributed by atoms with Crippen LogP contribution in [0.25, 0.3) is 0 Å².